The van der Waals surface area contributed by atoms with Crippen LogP contribution < -0.4 is 17.2 Å². The van der Waals surface area contributed by atoms with Crippen LogP contribution in [0.3, 0.4) is 0 Å². The van der Waals surface area contributed by atoms with E-state index in [4.69, 9.17) is 47.6 Å². The van der Waals surface area contributed by atoms with Gasteiger partial charge in [0.25, 0.3) is 0 Å². The lowest BCUT2D eigenvalue weighted by molar-refractivity contribution is -0.227. The minimum Gasteiger partial charge on any atom is -0.388 e. The van der Waals surface area contributed by atoms with E-state index in [1.807, 2.05) is 0 Å². The van der Waals surface area contributed by atoms with Crippen LogP contribution in [0.2, 0.25) is 0 Å². The quantitative estimate of drug-likeness (QED) is 0.0399. The first kappa shape index (κ1) is 42.6. The fourth-order valence-electron chi connectivity index (χ4n) is 12.0. The molecule has 1 aromatic rings. The minimum absolute atomic E-state index is 0.0496. The zero-order valence-electron chi connectivity index (χ0n) is 34.1. The highest BCUT2D eigenvalue weighted by atomic mass is 16.5. The molecule has 0 aromatic heterocycles. The average molecular weight is 750 g/mol. The van der Waals surface area contributed by atoms with Crippen molar-refractivity contribution in [2.75, 3.05) is 33.4 Å². The number of rotatable bonds is 22. The first-order valence-electron chi connectivity index (χ1n) is 21.4. The minimum atomic E-state index is 0.0496. The molecule has 5 rings (SSSR count). The van der Waals surface area contributed by atoms with Crippen LogP contribution in [0.5, 0.6) is 0 Å². The second-order valence-electron chi connectivity index (χ2n) is 18.3. The van der Waals surface area contributed by atoms with Gasteiger partial charge in [-0.2, -0.15) is 0 Å². The van der Waals surface area contributed by atoms with Crippen molar-refractivity contribution in [2.24, 2.45) is 63.5 Å². The molecule has 0 saturated heterocycles. The molecule has 4 saturated carbocycles. The van der Waals surface area contributed by atoms with Gasteiger partial charge in [0.1, 0.15) is 0 Å². The van der Waals surface area contributed by atoms with E-state index in [2.05, 4.69) is 63.1 Å². The van der Waals surface area contributed by atoms with Crippen molar-refractivity contribution in [3.8, 4) is 0 Å². The number of nitrogens with zero attached hydrogens (tertiary/aromatic N) is 1. The number of fused-ring (bicyclic) bond motifs is 5. The van der Waals surface area contributed by atoms with E-state index in [0.29, 0.717) is 74.6 Å². The predicted molar refractivity (Wildman–Crippen MR) is 220 cm³/mol. The Kier molecular flexibility index (Phi) is 15.4. The van der Waals surface area contributed by atoms with Crippen LogP contribution in [-0.4, -0.2) is 74.1 Å². The number of hydrogen-bond donors (Lipinski definition) is 6. The lowest BCUT2D eigenvalue weighted by Crippen LogP contribution is -2.63. The van der Waals surface area contributed by atoms with Gasteiger partial charge in [0, 0.05) is 51.0 Å². The molecule has 4 aliphatic carbocycles. The van der Waals surface area contributed by atoms with Gasteiger partial charge >= 0.3 is 0 Å². The molecule has 4 fully saturated rings. The highest BCUT2D eigenvalue weighted by Gasteiger charge is 2.66. The first-order valence-corrected chi connectivity index (χ1v) is 21.4. The average Bonchev–Trinajstić information content (AvgIpc) is 3.48. The zero-order valence-corrected chi connectivity index (χ0v) is 34.1. The molecule has 0 amide bonds. The maximum atomic E-state index is 7.83. The monoisotopic (exact) mass is 750 g/mol. The van der Waals surface area contributed by atoms with Crippen LogP contribution >= 0.6 is 0 Å². The third-order valence-corrected chi connectivity index (χ3v) is 14.7. The molecule has 4 unspecified atom stereocenters. The molecule has 9 N–H and O–H groups in total. The van der Waals surface area contributed by atoms with Crippen molar-refractivity contribution in [3.63, 3.8) is 0 Å². The molecule has 4 aliphatic rings. The summed E-state index contributed by atoms with van der Waals surface area (Å²) in [6.45, 7) is 11.7. The van der Waals surface area contributed by atoms with E-state index in [1.54, 1.807) is 0 Å². The third kappa shape index (κ3) is 10.4. The summed E-state index contributed by atoms with van der Waals surface area (Å²) < 4.78 is 20.5. The van der Waals surface area contributed by atoms with E-state index in [0.717, 1.165) is 64.5 Å². The molecule has 0 radical (unpaired) electrons. The summed E-state index contributed by atoms with van der Waals surface area (Å²) in [4.78, 5) is 2.46. The van der Waals surface area contributed by atoms with Gasteiger partial charge in [-0.1, -0.05) is 51.1 Å². The maximum absolute atomic E-state index is 7.83. The summed E-state index contributed by atoms with van der Waals surface area (Å²) in [5.74, 6) is 3.91. The molecule has 54 heavy (non-hydrogen) atoms. The maximum Gasteiger partial charge on any atom is 0.0906 e. The summed E-state index contributed by atoms with van der Waals surface area (Å²) in [5, 5.41) is 23.2. The molecule has 0 bridgehead atoms. The van der Waals surface area contributed by atoms with E-state index >= 15 is 0 Å². The Morgan fingerprint density at radius 1 is 0.796 bits per heavy atom. The first-order chi connectivity index (χ1) is 25.8. The van der Waals surface area contributed by atoms with Gasteiger partial charge in [-0.15, -0.1) is 0 Å². The van der Waals surface area contributed by atoms with Gasteiger partial charge in [-0.3, -0.25) is 16.2 Å². The highest BCUT2D eigenvalue weighted by Crippen LogP contribution is 2.69. The molecule has 0 heterocycles. The topological polar surface area (TPSA) is 181 Å². The van der Waals surface area contributed by atoms with E-state index in [1.165, 1.54) is 31.2 Å². The summed E-state index contributed by atoms with van der Waals surface area (Å²) in [5.41, 5.74) is 18.8. The smallest absolute Gasteiger partial charge is 0.0906 e. The normalized spacial score (nSPS) is 33.8. The second-order valence-corrected chi connectivity index (χ2v) is 18.3. The van der Waals surface area contributed by atoms with Gasteiger partial charge < -0.3 is 36.3 Å². The number of amidine groups is 3. The van der Waals surface area contributed by atoms with Crippen molar-refractivity contribution in [2.45, 2.75) is 142 Å². The number of nitrogens with two attached hydrogens (primary N) is 3. The van der Waals surface area contributed by atoms with E-state index < -0.39 is 0 Å². The largest absolute Gasteiger partial charge is 0.388 e. The van der Waals surface area contributed by atoms with Crippen molar-refractivity contribution >= 4 is 17.5 Å². The Labute approximate surface area is 326 Å². The summed E-state index contributed by atoms with van der Waals surface area (Å²) >= 11 is 0. The van der Waals surface area contributed by atoms with Crippen LogP contribution in [0.1, 0.15) is 123 Å². The molecule has 11 atom stereocenters. The Morgan fingerprint density at radius 3 is 2.07 bits per heavy atom. The van der Waals surface area contributed by atoms with Crippen LogP contribution in [0, 0.1) is 62.6 Å². The van der Waals surface area contributed by atoms with Crippen LogP contribution in [0.4, 0.5) is 0 Å². The van der Waals surface area contributed by atoms with Crippen LogP contribution in [-0.2, 0) is 20.8 Å². The number of benzene rings is 1. The SMILES string of the molecule is CC(CCCN(C)Cc1ccccc1)[C@H]1CC[C@H]2C3C(OCCCC(=N)N)CC4C[C@H](OCCCC(=N)N)CC[C@]4(C)[C@H]3C[C@H](OCCCC(=N)N)[C@]12C. The molecule has 304 valence electrons. The van der Waals surface area contributed by atoms with Gasteiger partial charge in [-0.25, -0.2) is 0 Å². The Bertz CT molecular complexity index is 1360. The van der Waals surface area contributed by atoms with E-state index in [-0.39, 0.29) is 46.6 Å². The summed E-state index contributed by atoms with van der Waals surface area (Å²) in [6.07, 6.45) is 15.0. The van der Waals surface area contributed by atoms with E-state index in [9.17, 15) is 0 Å². The number of hydrogen-bond acceptors (Lipinski definition) is 7. The second kappa shape index (κ2) is 19.6. The van der Waals surface area contributed by atoms with Crippen molar-refractivity contribution in [1.29, 1.82) is 16.2 Å². The summed E-state index contributed by atoms with van der Waals surface area (Å²) in [7, 11) is 2.25. The molecular formula is C44H75N7O3. The highest BCUT2D eigenvalue weighted by molar-refractivity contribution is 5.77. The lowest BCUT2D eigenvalue weighted by atomic mass is 9.43. The standard InChI is InChI=1S/C44H75N7O3/c1-30(12-8-22-51(4)29-31-13-6-5-7-14-31)34-18-19-35-42-36(28-38(44(34,35)3)54-25-11-17-41(49)50)43(2)21-20-33(52-23-9-15-39(45)46)26-32(43)27-37(42)53-24-10-16-40(47)48/h5-7,13-14,30,32-38,42H,8-12,15-29H2,1-4H3,(H3,45,46)(H3,47,48)(H3,49,50)/t30?,32?,33-,34-,35+,36+,37?,38+,42?,43+,44-/m1/s1. The Balaban J connectivity index is 1.35. The summed E-state index contributed by atoms with van der Waals surface area (Å²) in [6, 6.07) is 10.8. The Morgan fingerprint density at radius 2 is 1.43 bits per heavy atom. The van der Waals surface area contributed by atoms with Gasteiger partial charge in [-0.05, 0) is 137 Å². The van der Waals surface area contributed by atoms with Gasteiger partial charge in [0.2, 0.25) is 0 Å². The van der Waals surface area contributed by atoms with Crippen molar-refractivity contribution in [3.05, 3.63) is 35.9 Å². The van der Waals surface area contributed by atoms with Gasteiger partial charge in [0.15, 0.2) is 0 Å². The number of nitrogens with one attached hydrogen (secondary N) is 3. The fraction of sp³-hybridized carbons (Fsp3) is 0.795. The van der Waals surface area contributed by atoms with Crippen LogP contribution in [0.15, 0.2) is 30.3 Å². The molecule has 10 heteroatoms. The predicted octanol–water partition coefficient (Wildman–Crippen LogP) is 7.72. The molecule has 1 aromatic carbocycles. The van der Waals surface area contributed by atoms with Crippen LogP contribution in [0.25, 0.3) is 0 Å². The molecule has 0 spiro atoms. The Hall–Kier alpha value is -2.53. The molecule has 10 nitrogen and oxygen atoms in total. The zero-order chi connectivity index (χ0) is 38.9. The number of ether oxygens (including phenoxy) is 3. The van der Waals surface area contributed by atoms with Crippen molar-refractivity contribution in [1.82, 2.24) is 4.90 Å². The third-order valence-electron chi connectivity index (χ3n) is 14.7. The van der Waals surface area contributed by atoms with Gasteiger partial charge in [0.05, 0.1) is 35.8 Å². The van der Waals surface area contributed by atoms with Crippen molar-refractivity contribution < 1.29 is 14.2 Å². The molecular weight excluding hydrogens is 675 g/mol. The fourth-order valence-corrected chi connectivity index (χ4v) is 12.0. The lowest BCUT2D eigenvalue weighted by Gasteiger charge is -2.65. The molecule has 0 aliphatic heterocycles.